The van der Waals surface area contributed by atoms with Gasteiger partial charge >= 0.3 is 6.18 Å². The van der Waals surface area contributed by atoms with Gasteiger partial charge in [0.05, 0.1) is 10.5 Å². The van der Waals surface area contributed by atoms with Crippen molar-refractivity contribution in [1.82, 2.24) is 4.72 Å². The van der Waals surface area contributed by atoms with Gasteiger partial charge in [0.2, 0.25) is 5.91 Å². The Hall–Kier alpha value is -2.88. The molecule has 0 aliphatic rings. The lowest BCUT2D eigenvalue weighted by molar-refractivity contribution is -0.137. The predicted molar refractivity (Wildman–Crippen MR) is 86.8 cm³/mol. The van der Waals surface area contributed by atoms with E-state index in [4.69, 9.17) is 0 Å². The normalized spacial score (nSPS) is 11.7. The van der Waals surface area contributed by atoms with Gasteiger partial charge in [-0.15, -0.1) is 0 Å². The summed E-state index contributed by atoms with van der Waals surface area (Å²) in [5.74, 6) is -1.40. The number of hydrogen-bond donors (Lipinski definition) is 2. The Morgan fingerprint density at radius 2 is 1.46 bits per heavy atom. The van der Waals surface area contributed by atoms with Crippen molar-refractivity contribution in [2.45, 2.75) is 18.0 Å². The molecule has 2 aromatic carbocycles. The van der Waals surface area contributed by atoms with Crippen LogP contribution in [0, 0.1) is 0 Å². The molecule has 0 spiro atoms. The highest BCUT2D eigenvalue weighted by Gasteiger charge is 2.30. The minimum absolute atomic E-state index is 0.239. The number of halogens is 3. The smallest absolute Gasteiger partial charge is 0.326 e. The van der Waals surface area contributed by atoms with E-state index in [9.17, 15) is 31.2 Å². The monoisotopic (exact) mass is 386 g/mol. The minimum atomic E-state index is -4.56. The van der Waals surface area contributed by atoms with Crippen molar-refractivity contribution < 1.29 is 31.2 Å². The first-order chi connectivity index (χ1) is 12.0. The van der Waals surface area contributed by atoms with Crippen LogP contribution in [0.25, 0.3) is 0 Å². The Labute approximate surface area is 147 Å². The first-order valence-electron chi connectivity index (χ1n) is 7.11. The molecular weight excluding hydrogens is 373 g/mol. The molecule has 0 unspecified atom stereocenters. The summed E-state index contributed by atoms with van der Waals surface area (Å²) in [5, 5.41) is 2.45. The van der Waals surface area contributed by atoms with Crippen LogP contribution >= 0.6 is 0 Å². The second kappa shape index (κ2) is 7.16. The third-order valence-corrected chi connectivity index (χ3v) is 4.53. The van der Waals surface area contributed by atoms with Crippen molar-refractivity contribution in [2.75, 3.05) is 5.32 Å². The standard InChI is InChI=1S/C16H13F3N2O4S/c1-10(22)20-13-6-8-14(9-7-13)26(24,25)21-15(23)11-2-4-12(5-3-11)16(17,18)19/h2-9H,1H3,(H,20,22)(H,21,23). The minimum Gasteiger partial charge on any atom is -0.326 e. The average Bonchev–Trinajstić information content (AvgIpc) is 2.53. The molecule has 26 heavy (non-hydrogen) atoms. The fourth-order valence-electron chi connectivity index (χ4n) is 1.97. The van der Waals surface area contributed by atoms with E-state index in [2.05, 4.69) is 5.32 Å². The number of anilines is 1. The number of amides is 2. The van der Waals surface area contributed by atoms with Crippen molar-refractivity contribution in [1.29, 1.82) is 0 Å². The largest absolute Gasteiger partial charge is 0.416 e. The van der Waals surface area contributed by atoms with Crippen LogP contribution in [0.3, 0.4) is 0 Å². The molecule has 0 radical (unpaired) electrons. The van der Waals surface area contributed by atoms with Gasteiger partial charge in [0.15, 0.2) is 0 Å². The highest BCUT2D eigenvalue weighted by Crippen LogP contribution is 2.29. The summed E-state index contributed by atoms with van der Waals surface area (Å²) in [6.07, 6.45) is -4.56. The van der Waals surface area contributed by atoms with Gasteiger partial charge in [-0.3, -0.25) is 9.59 Å². The lowest BCUT2D eigenvalue weighted by Crippen LogP contribution is -2.30. The third kappa shape index (κ3) is 4.82. The first-order valence-corrected chi connectivity index (χ1v) is 8.59. The number of carbonyl (C=O) groups is 2. The van der Waals surface area contributed by atoms with Gasteiger partial charge in [-0.25, -0.2) is 13.1 Å². The van der Waals surface area contributed by atoms with Gasteiger partial charge < -0.3 is 5.32 Å². The van der Waals surface area contributed by atoms with Crippen molar-refractivity contribution in [2.24, 2.45) is 0 Å². The van der Waals surface area contributed by atoms with Crippen LogP contribution in [0.15, 0.2) is 53.4 Å². The molecule has 0 bridgehead atoms. The van der Waals surface area contributed by atoms with E-state index in [1.54, 1.807) is 4.72 Å². The molecule has 0 saturated heterocycles. The first kappa shape index (κ1) is 19.4. The van der Waals surface area contributed by atoms with Crippen molar-refractivity contribution in [3.8, 4) is 0 Å². The number of sulfonamides is 1. The molecule has 0 saturated carbocycles. The van der Waals surface area contributed by atoms with Crippen LogP contribution in [0.5, 0.6) is 0 Å². The highest BCUT2D eigenvalue weighted by atomic mass is 32.2. The van der Waals surface area contributed by atoms with Gasteiger partial charge in [0, 0.05) is 18.2 Å². The Morgan fingerprint density at radius 1 is 0.923 bits per heavy atom. The van der Waals surface area contributed by atoms with E-state index in [0.717, 1.165) is 12.1 Å². The van der Waals surface area contributed by atoms with Gasteiger partial charge in [-0.2, -0.15) is 13.2 Å². The molecule has 2 rings (SSSR count). The van der Waals surface area contributed by atoms with Crippen LogP contribution in [-0.4, -0.2) is 20.2 Å². The third-order valence-electron chi connectivity index (χ3n) is 3.19. The van der Waals surface area contributed by atoms with Crippen molar-refractivity contribution in [3.63, 3.8) is 0 Å². The van der Waals surface area contributed by atoms with Gasteiger partial charge in [0.25, 0.3) is 15.9 Å². The second-order valence-electron chi connectivity index (χ2n) is 5.22. The lowest BCUT2D eigenvalue weighted by Gasteiger charge is -2.09. The van der Waals surface area contributed by atoms with Gasteiger partial charge in [-0.1, -0.05) is 0 Å². The molecule has 138 valence electrons. The quantitative estimate of drug-likeness (QED) is 0.845. The molecule has 2 amide bonds. The number of carbonyl (C=O) groups excluding carboxylic acids is 2. The van der Waals surface area contributed by atoms with Crippen LogP contribution in [-0.2, 0) is 21.0 Å². The highest BCUT2D eigenvalue weighted by molar-refractivity contribution is 7.90. The Kier molecular flexibility index (Phi) is 5.36. The topological polar surface area (TPSA) is 92.3 Å². The fraction of sp³-hybridized carbons (Fsp3) is 0.125. The number of alkyl halides is 3. The zero-order valence-corrected chi connectivity index (χ0v) is 14.1. The lowest BCUT2D eigenvalue weighted by atomic mass is 10.1. The number of nitrogens with one attached hydrogen (secondary N) is 2. The van der Waals surface area contributed by atoms with Crippen LogP contribution in [0.2, 0.25) is 0 Å². The van der Waals surface area contributed by atoms with Gasteiger partial charge in [0.1, 0.15) is 0 Å². The van der Waals surface area contributed by atoms with Gasteiger partial charge in [-0.05, 0) is 48.5 Å². The predicted octanol–water partition coefficient (Wildman–Crippen LogP) is 2.78. The summed E-state index contributed by atoms with van der Waals surface area (Å²) >= 11 is 0. The van der Waals surface area contributed by atoms with E-state index in [0.29, 0.717) is 17.8 Å². The maximum absolute atomic E-state index is 12.5. The SMILES string of the molecule is CC(=O)Nc1ccc(S(=O)(=O)NC(=O)c2ccc(C(F)(F)F)cc2)cc1. The molecule has 10 heteroatoms. The molecular formula is C16H13F3N2O4S. The summed E-state index contributed by atoms with van der Waals surface area (Å²) in [7, 11) is -4.23. The van der Waals surface area contributed by atoms with Crippen LogP contribution in [0.4, 0.5) is 18.9 Å². The van der Waals surface area contributed by atoms with Crippen molar-refractivity contribution >= 4 is 27.5 Å². The summed E-state index contributed by atoms with van der Waals surface area (Å²) in [5.41, 5.74) is -0.826. The number of hydrogen-bond acceptors (Lipinski definition) is 4. The molecule has 0 heterocycles. The molecule has 0 fully saturated rings. The van der Waals surface area contributed by atoms with E-state index < -0.39 is 27.7 Å². The summed E-state index contributed by atoms with van der Waals surface area (Å²) in [6.45, 7) is 1.29. The Balaban J connectivity index is 2.15. The molecule has 6 nitrogen and oxygen atoms in total. The fourth-order valence-corrected chi connectivity index (χ4v) is 2.95. The molecule has 0 aliphatic heterocycles. The molecule has 2 N–H and O–H groups in total. The molecule has 0 aromatic heterocycles. The van der Waals surface area contributed by atoms with E-state index >= 15 is 0 Å². The van der Waals surface area contributed by atoms with E-state index in [1.165, 1.54) is 31.2 Å². The maximum Gasteiger partial charge on any atom is 0.416 e. The second-order valence-corrected chi connectivity index (χ2v) is 6.90. The zero-order chi connectivity index (χ0) is 19.5. The summed E-state index contributed by atoms with van der Waals surface area (Å²) in [4.78, 5) is 22.7. The Bertz CT molecular complexity index is 921. The molecule has 0 aliphatic carbocycles. The maximum atomic E-state index is 12.5. The average molecular weight is 386 g/mol. The van der Waals surface area contributed by atoms with Crippen molar-refractivity contribution in [3.05, 3.63) is 59.7 Å². The Morgan fingerprint density at radius 3 is 1.92 bits per heavy atom. The van der Waals surface area contributed by atoms with E-state index in [-0.39, 0.29) is 16.4 Å². The zero-order valence-electron chi connectivity index (χ0n) is 13.3. The van der Waals surface area contributed by atoms with E-state index in [1.807, 2.05) is 0 Å². The van der Waals surface area contributed by atoms with Crippen LogP contribution in [0.1, 0.15) is 22.8 Å². The summed E-state index contributed by atoms with van der Waals surface area (Å²) < 4.78 is 63.6. The summed E-state index contributed by atoms with van der Waals surface area (Å²) in [6, 6.07) is 8.15. The van der Waals surface area contributed by atoms with Crippen LogP contribution < -0.4 is 10.0 Å². The molecule has 0 atom stereocenters. The number of benzene rings is 2. The number of rotatable bonds is 4. The molecule has 2 aromatic rings.